The molecule has 2 aromatic rings. The number of rotatable bonds is 7. The molecule has 0 fully saturated rings. The predicted molar refractivity (Wildman–Crippen MR) is 86.2 cm³/mol. The quantitative estimate of drug-likeness (QED) is 0.744. The van der Waals surface area contributed by atoms with Gasteiger partial charge >= 0.3 is 0 Å². The van der Waals surface area contributed by atoms with Crippen LogP contribution in [0.4, 0.5) is 4.39 Å². The third kappa shape index (κ3) is 5.04. The predicted octanol–water partition coefficient (Wildman–Crippen LogP) is 1.78. The minimum absolute atomic E-state index is 0.0412. The zero-order valence-electron chi connectivity index (χ0n) is 13.0. The highest BCUT2D eigenvalue weighted by Crippen LogP contribution is 2.11. The molecule has 0 aliphatic heterocycles. The molecule has 0 aliphatic rings. The lowest BCUT2D eigenvalue weighted by Gasteiger charge is -2.10. The fourth-order valence-corrected chi connectivity index (χ4v) is 2.66. The maximum Gasteiger partial charge on any atom is 0.272 e. The zero-order chi connectivity index (χ0) is 17.6. The highest BCUT2D eigenvalue weighted by atomic mass is 32.2. The van der Waals surface area contributed by atoms with Crippen LogP contribution in [-0.4, -0.2) is 20.9 Å². The van der Waals surface area contributed by atoms with Crippen LogP contribution in [0.1, 0.15) is 12.5 Å². The van der Waals surface area contributed by atoms with Crippen molar-refractivity contribution < 1.29 is 22.3 Å². The van der Waals surface area contributed by atoms with Gasteiger partial charge in [0.25, 0.3) is 15.9 Å². The molecule has 8 heteroatoms. The number of ether oxygens (including phenoxy) is 1. The first-order chi connectivity index (χ1) is 11.4. The number of hydrogen-bond donors (Lipinski definition) is 2. The van der Waals surface area contributed by atoms with Crippen LogP contribution in [0, 0.1) is 5.82 Å². The Bertz CT molecular complexity index is 790. The number of aryl methyl sites for hydroxylation is 1. The van der Waals surface area contributed by atoms with Gasteiger partial charge in [0.2, 0.25) is 0 Å². The van der Waals surface area contributed by atoms with Crippen molar-refractivity contribution in [2.75, 3.05) is 6.61 Å². The molecule has 24 heavy (non-hydrogen) atoms. The lowest BCUT2D eigenvalue weighted by Crippen LogP contribution is -2.43. The van der Waals surface area contributed by atoms with Crippen molar-refractivity contribution in [1.82, 2.24) is 10.3 Å². The largest absolute Gasteiger partial charge is 0.484 e. The number of hydrogen-bond acceptors (Lipinski definition) is 4. The number of carbonyl (C=O) groups is 1. The van der Waals surface area contributed by atoms with Gasteiger partial charge in [0.15, 0.2) is 6.61 Å². The topological polar surface area (TPSA) is 84.5 Å². The average molecular weight is 352 g/mol. The normalized spacial score (nSPS) is 11.1. The third-order valence-electron chi connectivity index (χ3n) is 3.15. The van der Waals surface area contributed by atoms with Crippen molar-refractivity contribution in [1.29, 1.82) is 0 Å². The molecule has 2 aromatic carbocycles. The molecule has 0 saturated carbocycles. The van der Waals surface area contributed by atoms with E-state index in [2.05, 4.69) is 5.43 Å². The molecule has 0 spiro atoms. The lowest BCUT2D eigenvalue weighted by molar-refractivity contribution is -0.123. The van der Waals surface area contributed by atoms with E-state index in [1.54, 1.807) is 12.1 Å². The van der Waals surface area contributed by atoms with Gasteiger partial charge in [0.1, 0.15) is 11.6 Å². The summed E-state index contributed by atoms with van der Waals surface area (Å²) < 4.78 is 41.9. The van der Waals surface area contributed by atoms with Crippen LogP contribution in [0.15, 0.2) is 53.4 Å². The summed E-state index contributed by atoms with van der Waals surface area (Å²) in [5.74, 6) is -0.814. The van der Waals surface area contributed by atoms with Gasteiger partial charge in [0, 0.05) is 0 Å². The van der Waals surface area contributed by atoms with E-state index in [9.17, 15) is 17.6 Å². The average Bonchev–Trinajstić information content (AvgIpc) is 2.59. The van der Waals surface area contributed by atoms with Crippen molar-refractivity contribution in [3.8, 4) is 5.75 Å². The van der Waals surface area contributed by atoms with E-state index in [-0.39, 0.29) is 4.90 Å². The zero-order valence-corrected chi connectivity index (χ0v) is 13.8. The maximum absolute atomic E-state index is 12.7. The summed E-state index contributed by atoms with van der Waals surface area (Å²) in [4.78, 5) is 13.7. The van der Waals surface area contributed by atoms with Gasteiger partial charge in [-0.25, -0.2) is 12.8 Å². The standard InChI is InChI=1S/C16H17FN2O4S/c1-2-12-3-9-15(10-4-12)24(21,22)19-18-16(20)11-23-14-7-5-13(17)6-8-14/h3-10,19H,2,11H2,1H3,(H,18,20). The Hall–Kier alpha value is -2.45. The Morgan fingerprint density at radius 3 is 2.29 bits per heavy atom. The smallest absolute Gasteiger partial charge is 0.272 e. The summed E-state index contributed by atoms with van der Waals surface area (Å²) in [5.41, 5.74) is 3.06. The number of carbonyl (C=O) groups excluding carboxylic acids is 1. The molecule has 0 aliphatic carbocycles. The Morgan fingerprint density at radius 2 is 1.71 bits per heavy atom. The van der Waals surface area contributed by atoms with Gasteiger partial charge in [-0.2, -0.15) is 0 Å². The van der Waals surface area contributed by atoms with Gasteiger partial charge in [-0.05, 0) is 48.4 Å². The number of sulfonamides is 1. The summed E-state index contributed by atoms with van der Waals surface area (Å²) in [7, 11) is -3.86. The second-order valence-electron chi connectivity index (χ2n) is 4.89. The van der Waals surface area contributed by atoms with Gasteiger partial charge in [-0.15, -0.1) is 4.83 Å². The van der Waals surface area contributed by atoms with E-state index in [1.165, 1.54) is 36.4 Å². The number of hydrazine groups is 1. The van der Waals surface area contributed by atoms with Crippen LogP contribution in [0.2, 0.25) is 0 Å². The molecule has 2 rings (SSSR count). The first-order valence-electron chi connectivity index (χ1n) is 7.18. The Kier molecular flexibility index (Phi) is 5.88. The van der Waals surface area contributed by atoms with E-state index in [4.69, 9.17) is 4.74 Å². The SMILES string of the molecule is CCc1ccc(S(=O)(=O)NNC(=O)COc2ccc(F)cc2)cc1. The van der Waals surface area contributed by atoms with Gasteiger partial charge in [0.05, 0.1) is 4.90 Å². The third-order valence-corrected chi connectivity index (χ3v) is 4.41. The maximum atomic E-state index is 12.7. The van der Waals surface area contributed by atoms with Crippen molar-refractivity contribution in [2.45, 2.75) is 18.2 Å². The number of nitrogens with one attached hydrogen (secondary N) is 2. The second kappa shape index (κ2) is 7.89. The molecule has 0 atom stereocenters. The van der Waals surface area contributed by atoms with Crippen LogP contribution < -0.4 is 15.0 Å². The van der Waals surface area contributed by atoms with Crippen LogP contribution in [0.5, 0.6) is 5.75 Å². The summed E-state index contributed by atoms with van der Waals surface area (Å²) in [6, 6.07) is 11.4. The summed E-state index contributed by atoms with van der Waals surface area (Å²) in [6.45, 7) is 1.55. The van der Waals surface area contributed by atoms with Gasteiger partial charge < -0.3 is 4.74 Å². The van der Waals surface area contributed by atoms with Crippen LogP contribution in [0.3, 0.4) is 0 Å². The number of benzene rings is 2. The van der Waals surface area contributed by atoms with Crippen LogP contribution in [0.25, 0.3) is 0 Å². The van der Waals surface area contributed by atoms with Crippen LogP contribution in [-0.2, 0) is 21.2 Å². The summed E-state index contributed by atoms with van der Waals surface area (Å²) in [5, 5.41) is 0. The minimum atomic E-state index is -3.86. The molecule has 0 heterocycles. The lowest BCUT2D eigenvalue weighted by atomic mass is 10.2. The van der Waals surface area contributed by atoms with Crippen molar-refractivity contribution in [3.63, 3.8) is 0 Å². The van der Waals surface area contributed by atoms with Crippen LogP contribution >= 0.6 is 0 Å². The molecule has 0 unspecified atom stereocenters. The van der Waals surface area contributed by atoms with Gasteiger partial charge in [-0.1, -0.05) is 19.1 Å². The molecule has 0 radical (unpaired) electrons. The van der Waals surface area contributed by atoms with E-state index in [0.29, 0.717) is 5.75 Å². The Balaban J connectivity index is 1.86. The molecule has 2 N–H and O–H groups in total. The summed E-state index contributed by atoms with van der Waals surface area (Å²) >= 11 is 0. The molecular weight excluding hydrogens is 335 g/mol. The molecule has 0 saturated heterocycles. The fraction of sp³-hybridized carbons (Fsp3) is 0.188. The molecule has 6 nitrogen and oxygen atoms in total. The molecule has 0 bridgehead atoms. The molecule has 0 aromatic heterocycles. The number of halogens is 1. The second-order valence-corrected chi connectivity index (χ2v) is 6.58. The van der Waals surface area contributed by atoms with E-state index >= 15 is 0 Å². The fourth-order valence-electron chi connectivity index (χ4n) is 1.80. The first-order valence-corrected chi connectivity index (χ1v) is 8.67. The van der Waals surface area contributed by atoms with Crippen molar-refractivity contribution in [3.05, 3.63) is 59.9 Å². The molecular formula is C16H17FN2O4S. The van der Waals surface area contributed by atoms with Crippen molar-refractivity contribution >= 4 is 15.9 Å². The van der Waals surface area contributed by atoms with Gasteiger partial charge in [-0.3, -0.25) is 10.2 Å². The van der Waals surface area contributed by atoms with E-state index in [0.717, 1.165) is 12.0 Å². The minimum Gasteiger partial charge on any atom is -0.484 e. The summed E-state index contributed by atoms with van der Waals surface area (Å²) in [6.07, 6.45) is 0.797. The number of amides is 1. The highest BCUT2D eigenvalue weighted by Gasteiger charge is 2.15. The first kappa shape index (κ1) is 17.9. The highest BCUT2D eigenvalue weighted by molar-refractivity contribution is 7.89. The van der Waals surface area contributed by atoms with E-state index < -0.39 is 28.4 Å². The molecule has 128 valence electrons. The molecule has 1 amide bonds. The Morgan fingerprint density at radius 1 is 1.08 bits per heavy atom. The van der Waals surface area contributed by atoms with E-state index in [1.807, 2.05) is 11.8 Å². The van der Waals surface area contributed by atoms with Crippen molar-refractivity contribution in [2.24, 2.45) is 0 Å². The monoisotopic (exact) mass is 352 g/mol. The Labute approximate surface area is 139 Å².